The van der Waals surface area contributed by atoms with E-state index in [1.807, 2.05) is 0 Å². The normalized spacial score (nSPS) is 16.9. The van der Waals surface area contributed by atoms with Crippen LogP contribution in [0, 0.1) is 13.8 Å². The molecule has 1 aliphatic rings. The van der Waals surface area contributed by atoms with E-state index in [-0.39, 0.29) is 51.4 Å². The summed E-state index contributed by atoms with van der Waals surface area (Å²) in [6, 6.07) is 0. The van der Waals surface area contributed by atoms with Gasteiger partial charge in [-0.3, -0.25) is 0 Å². The molecule has 1 fully saturated rings. The van der Waals surface area contributed by atoms with Gasteiger partial charge in [-0.2, -0.15) is 0 Å². The molecule has 0 N–H and O–H groups in total. The Labute approximate surface area is 115 Å². The van der Waals surface area contributed by atoms with Gasteiger partial charge in [-0.15, -0.1) is 0 Å². The van der Waals surface area contributed by atoms with E-state index in [1.54, 1.807) is 0 Å². The average molecular weight is 179 g/mol. The Balaban J connectivity index is 0. The summed E-state index contributed by atoms with van der Waals surface area (Å²) in [5.41, 5.74) is 0. The van der Waals surface area contributed by atoms with Crippen LogP contribution in [-0.4, -0.2) is 0 Å². The molecule has 0 amide bonds. The first-order valence-electron chi connectivity index (χ1n) is 4.50. The van der Waals surface area contributed by atoms with E-state index in [0.717, 1.165) is 6.42 Å². The summed E-state index contributed by atoms with van der Waals surface area (Å²) >= 11 is 0. The predicted octanol–water partition coefficient (Wildman–Crippen LogP) is 0.779. The van der Waals surface area contributed by atoms with E-state index < -0.39 is 0 Å². The zero-order valence-corrected chi connectivity index (χ0v) is 11.2. The van der Waals surface area contributed by atoms with Crippen LogP contribution in [0.1, 0.15) is 51.4 Å². The van der Waals surface area contributed by atoms with E-state index in [2.05, 4.69) is 13.8 Å². The van der Waals surface area contributed by atoms with Crippen molar-refractivity contribution in [2.24, 2.45) is 0 Å². The smallest absolute Gasteiger partial charge is 0.372 e. The molecule has 1 rings (SSSR count). The number of hydrogen-bond acceptors (Lipinski definition) is 0. The van der Waals surface area contributed by atoms with Crippen molar-refractivity contribution in [2.75, 3.05) is 0 Å². The predicted molar refractivity (Wildman–Crippen MR) is 47.7 cm³/mol. The second kappa shape index (κ2) is 14.2. The molecule has 0 heterocycles. The maximum atomic E-state index is 3.38. The van der Waals surface area contributed by atoms with Crippen LogP contribution in [0.3, 0.4) is 0 Å². The standard InChI is InChI=1S/C7H14.C3H6.K/c1-2-4-6-7-5-3-1;1-3-2;/h1-7H2;1-3H2;/q;-2;+1. The van der Waals surface area contributed by atoms with Gasteiger partial charge < -0.3 is 20.3 Å². The molecule has 1 aliphatic carbocycles. The Kier molecular flexibility index (Phi) is 19.5. The van der Waals surface area contributed by atoms with E-state index in [4.69, 9.17) is 0 Å². The second-order valence-electron chi connectivity index (χ2n) is 2.83. The van der Waals surface area contributed by atoms with E-state index >= 15 is 0 Å². The quantitative estimate of drug-likeness (QED) is 0.293. The van der Waals surface area contributed by atoms with Crippen molar-refractivity contribution in [1.29, 1.82) is 0 Å². The van der Waals surface area contributed by atoms with Crippen molar-refractivity contribution < 1.29 is 51.4 Å². The largest absolute Gasteiger partial charge is 1.00 e. The Morgan fingerprint density at radius 1 is 0.636 bits per heavy atom. The van der Waals surface area contributed by atoms with Crippen molar-refractivity contribution in [3.63, 3.8) is 0 Å². The molecule has 0 unspecified atom stereocenters. The molecule has 0 bridgehead atoms. The topological polar surface area (TPSA) is 0 Å². The molecule has 0 aromatic rings. The van der Waals surface area contributed by atoms with Gasteiger partial charge in [0.2, 0.25) is 0 Å². The van der Waals surface area contributed by atoms with Crippen LogP contribution in [0.2, 0.25) is 0 Å². The van der Waals surface area contributed by atoms with E-state index in [0.29, 0.717) is 0 Å². The molecule has 1 heteroatoms. The molecule has 1 saturated carbocycles. The molecule has 0 saturated heterocycles. The van der Waals surface area contributed by atoms with Gasteiger partial charge in [0.1, 0.15) is 0 Å². The van der Waals surface area contributed by atoms with E-state index in [1.165, 1.54) is 44.9 Å². The van der Waals surface area contributed by atoms with Crippen molar-refractivity contribution in [1.82, 2.24) is 0 Å². The Bertz CT molecular complexity index is 33.2. The van der Waals surface area contributed by atoms with Crippen LogP contribution in [0.15, 0.2) is 0 Å². The summed E-state index contributed by atoms with van der Waals surface area (Å²) in [6.07, 6.45) is 11.2. The first kappa shape index (κ1) is 15.1. The minimum Gasteiger partial charge on any atom is -0.372 e. The Morgan fingerprint density at radius 2 is 0.727 bits per heavy atom. The monoisotopic (exact) mass is 179 g/mol. The molecule has 0 atom stereocenters. The molecule has 0 spiro atoms. The fraction of sp³-hybridized carbons (Fsp3) is 0.800. The molecule has 0 aromatic carbocycles. The Morgan fingerprint density at radius 3 is 0.818 bits per heavy atom. The van der Waals surface area contributed by atoms with Crippen LogP contribution in [0.5, 0.6) is 0 Å². The number of hydrogen-bond donors (Lipinski definition) is 0. The van der Waals surface area contributed by atoms with Gasteiger partial charge in [-0.1, -0.05) is 44.9 Å². The minimum atomic E-state index is 0. The SMILES string of the molecule is C1CCCCCC1.[CH2-]C[CH2-].[K+]. The average Bonchev–Trinajstić information content (AvgIpc) is 2.17. The first-order chi connectivity index (χ1) is 4.91. The van der Waals surface area contributed by atoms with Crippen LogP contribution in [0.25, 0.3) is 0 Å². The maximum Gasteiger partial charge on any atom is 1.00 e. The summed E-state index contributed by atoms with van der Waals surface area (Å²) in [6.45, 7) is 6.75. The van der Waals surface area contributed by atoms with Crippen LogP contribution in [0.4, 0.5) is 0 Å². The molecule has 0 nitrogen and oxygen atoms in total. The molecular formula is C10H20K-. The molecule has 0 radical (unpaired) electrons. The summed E-state index contributed by atoms with van der Waals surface area (Å²) in [4.78, 5) is 0. The van der Waals surface area contributed by atoms with Gasteiger partial charge >= 0.3 is 51.4 Å². The summed E-state index contributed by atoms with van der Waals surface area (Å²) in [7, 11) is 0. The molecule has 11 heavy (non-hydrogen) atoms. The third-order valence-corrected chi connectivity index (χ3v) is 1.75. The van der Waals surface area contributed by atoms with Crippen LogP contribution >= 0.6 is 0 Å². The van der Waals surface area contributed by atoms with Crippen LogP contribution < -0.4 is 51.4 Å². The third-order valence-electron chi connectivity index (χ3n) is 1.75. The third kappa shape index (κ3) is 14.5. The first-order valence-corrected chi connectivity index (χ1v) is 4.50. The zero-order chi connectivity index (χ0) is 7.66. The van der Waals surface area contributed by atoms with E-state index in [9.17, 15) is 0 Å². The molecular weight excluding hydrogens is 159 g/mol. The molecule has 0 aromatic heterocycles. The minimum absolute atomic E-state index is 0. The van der Waals surface area contributed by atoms with Crippen molar-refractivity contribution >= 4 is 0 Å². The van der Waals surface area contributed by atoms with Gasteiger partial charge in [0.15, 0.2) is 0 Å². The Hall–Kier alpha value is 1.64. The van der Waals surface area contributed by atoms with Gasteiger partial charge in [0.25, 0.3) is 0 Å². The summed E-state index contributed by atoms with van der Waals surface area (Å²) in [5.74, 6) is 0. The number of rotatable bonds is 0. The summed E-state index contributed by atoms with van der Waals surface area (Å²) in [5, 5.41) is 0. The fourth-order valence-corrected chi connectivity index (χ4v) is 1.24. The maximum absolute atomic E-state index is 3.38. The van der Waals surface area contributed by atoms with Crippen molar-refractivity contribution in [3.8, 4) is 0 Å². The zero-order valence-electron chi connectivity index (χ0n) is 8.07. The van der Waals surface area contributed by atoms with Gasteiger partial charge in [-0.25, -0.2) is 0 Å². The van der Waals surface area contributed by atoms with Crippen molar-refractivity contribution in [2.45, 2.75) is 51.4 Å². The van der Waals surface area contributed by atoms with Gasteiger partial charge in [-0.05, 0) is 0 Å². The summed E-state index contributed by atoms with van der Waals surface area (Å²) < 4.78 is 0. The van der Waals surface area contributed by atoms with Crippen molar-refractivity contribution in [3.05, 3.63) is 13.8 Å². The fourth-order valence-electron chi connectivity index (χ4n) is 1.24. The van der Waals surface area contributed by atoms with Gasteiger partial charge in [0.05, 0.1) is 0 Å². The second-order valence-corrected chi connectivity index (χ2v) is 2.83. The van der Waals surface area contributed by atoms with Crippen LogP contribution in [-0.2, 0) is 0 Å². The molecule has 0 aliphatic heterocycles. The van der Waals surface area contributed by atoms with Gasteiger partial charge in [0, 0.05) is 0 Å². The molecule has 62 valence electrons.